The number of pyridine rings is 1. The third-order valence-electron chi connectivity index (χ3n) is 1.85. The molecular weight excluding hydrogens is 356 g/mol. The van der Waals surface area contributed by atoms with Gasteiger partial charge in [-0.3, -0.25) is 0 Å². The highest BCUT2D eigenvalue weighted by Crippen LogP contribution is 2.37. The molecule has 0 fully saturated rings. The Kier molecular flexibility index (Phi) is 5.03. The average Bonchev–Trinajstić information content (AvgIpc) is 2.23. The lowest BCUT2D eigenvalue weighted by atomic mass is 10.2. The van der Waals surface area contributed by atoms with Gasteiger partial charge in [0, 0.05) is 16.2 Å². The van der Waals surface area contributed by atoms with Gasteiger partial charge in [0.25, 0.3) is 15.5 Å². The molecule has 0 aliphatic carbocycles. The fourth-order valence-corrected chi connectivity index (χ4v) is 2.56. The minimum absolute atomic E-state index is 0.426. The van der Waals surface area contributed by atoms with Gasteiger partial charge in [0.2, 0.25) is 5.88 Å². The molecule has 0 aliphatic heterocycles. The Bertz CT molecular complexity index is 605. The maximum Gasteiger partial charge on any atom is 0.574 e. The molecule has 1 aromatic rings. The van der Waals surface area contributed by atoms with E-state index in [-0.39, 0.29) is 0 Å². The lowest BCUT2D eigenvalue weighted by Gasteiger charge is -2.14. The maximum absolute atomic E-state index is 12.8. The molecule has 0 unspecified atom stereocenters. The molecule has 1 rings (SSSR count). The third-order valence-corrected chi connectivity index (χ3v) is 3.49. The second-order valence-electron chi connectivity index (χ2n) is 3.26. The Morgan fingerprint density at radius 1 is 1.35 bits per heavy atom. The van der Waals surface area contributed by atoms with E-state index < -0.39 is 49.8 Å². The molecular formula is C8H4Cl2F5NO3S. The van der Waals surface area contributed by atoms with Gasteiger partial charge >= 0.3 is 6.36 Å². The summed E-state index contributed by atoms with van der Waals surface area (Å²) >= 11 is 5.29. The van der Waals surface area contributed by atoms with E-state index in [1.807, 2.05) is 0 Å². The number of hydrogen-bond acceptors (Lipinski definition) is 4. The van der Waals surface area contributed by atoms with E-state index in [1.165, 1.54) is 0 Å². The second-order valence-corrected chi connectivity index (χ2v) is 6.03. The zero-order valence-electron chi connectivity index (χ0n) is 9.09. The number of ether oxygens (including phenoxy) is 1. The molecule has 0 aromatic carbocycles. The lowest BCUT2D eigenvalue weighted by molar-refractivity contribution is -0.277. The summed E-state index contributed by atoms with van der Waals surface area (Å²) in [5.74, 6) is -2.13. The van der Waals surface area contributed by atoms with Gasteiger partial charge in [0.05, 0.1) is 11.6 Å². The van der Waals surface area contributed by atoms with Crippen LogP contribution in [0.2, 0.25) is 0 Å². The van der Waals surface area contributed by atoms with Crippen molar-refractivity contribution >= 4 is 31.3 Å². The van der Waals surface area contributed by atoms with Crippen LogP contribution in [-0.4, -0.2) is 19.8 Å². The van der Waals surface area contributed by atoms with Crippen LogP contribution in [0, 0.1) is 0 Å². The van der Waals surface area contributed by atoms with E-state index in [1.54, 1.807) is 0 Å². The summed E-state index contributed by atoms with van der Waals surface area (Å²) in [5.41, 5.74) is -1.70. The normalized spacial score (nSPS) is 12.8. The molecule has 0 spiro atoms. The topological polar surface area (TPSA) is 56.3 Å². The predicted molar refractivity (Wildman–Crippen MR) is 58.5 cm³/mol. The highest BCUT2D eigenvalue weighted by atomic mass is 35.7. The van der Waals surface area contributed by atoms with Crippen LogP contribution in [0.15, 0.2) is 11.0 Å². The van der Waals surface area contributed by atoms with Crippen molar-refractivity contribution in [3.8, 4) is 5.88 Å². The maximum atomic E-state index is 12.8. The second kappa shape index (κ2) is 5.86. The van der Waals surface area contributed by atoms with Crippen molar-refractivity contribution in [1.82, 2.24) is 4.98 Å². The van der Waals surface area contributed by atoms with Crippen LogP contribution < -0.4 is 4.74 Å². The van der Waals surface area contributed by atoms with Gasteiger partial charge in [-0.15, -0.1) is 24.8 Å². The highest BCUT2D eigenvalue weighted by molar-refractivity contribution is 8.13. The third kappa shape index (κ3) is 4.32. The summed E-state index contributed by atoms with van der Waals surface area (Å²) in [6, 6.07) is 0.538. The van der Waals surface area contributed by atoms with Gasteiger partial charge < -0.3 is 4.74 Å². The number of aromatic nitrogens is 1. The fourth-order valence-electron chi connectivity index (χ4n) is 1.24. The smallest absolute Gasteiger partial charge is 0.386 e. The largest absolute Gasteiger partial charge is 0.574 e. The number of alkyl halides is 6. The Morgan fingerprint density at radius 2 is 1.90 bits per heavy atom. The summed E-state index contributed by atoms with van der Waals surface area (Å²) in [6.07, 6.45) is -8.76. The molecule has 0 bridgehead atoms. The van der Waals surface area contributed by atoms with Gasteiger partial charge in [-0.2, -0.15) is 0 Å². The number of halogens is 7. The number of rotatable bonds is 4. The first-order valence-electron chi connectivity index (χ1n) is 4.54. The SMILES string of the molecule is O=S(=O)(Cl)c1c(C(F)F)cc(CCl)nc1OC(F)(F)F. The molecule has 0 amide bonds. The zero-order valence-corrected chi connectivity index (χ0v) is 11.4. The van der Waals surface area contributed by atoms with Gasteiger partial charge in [-0.1, -0.05) is 0 Å². The minimum Gasteiger partial charge on any atom is -0.386 e. The summed E-state index contributed by atoms with van der Waals surface area (Å²) in [6.45, 7) is 0. The van der Waals surface area contributed by atoms with Crippen molar-refractivity contribution in [1.29, 1.82) is 0 Å². The quantitative estimate of drug-likeness (QED) is 0.468. The van der Waals surface area contributed by atoms with Crippen LogP contribution in [0.25, 0.3) is 0 Å². The Labute approximate surface area is 118 Å². The van der Waals surface area contributed by atoms with Gasteiger partial charge in [-0.05, 0) is 6.07 Å². The molecule has 20 heavy (non-hydrogen) atoms. The standard InChI is InChI=1S/C8H4Cl2F5NO3S/c9-2-3-1-4(6(11)12)5(20(10,17)18)7(16-3)19-8(13,14)15/h1,6H,2H2. The highest BCUT2D eigenvalue weighted by Gasteiger charge is 2.37. The first-order valence-corrected chi connectivity index (χ1v) is 7.38. The van der Waals surface area contributed by atoms with Crippen LogP contribution in [0.5, 0.6) is 5.88 Å². The minimum atomic E-state index is -5.34. The van der Waals surface area contributed by atoms with Crippen molar-refractivity contribution in [2.24, 2.45) is 0 Å². The fraction of sp³-hybridized carbons (Fsp3) is 0.375. The molecule has 114 valence electrons. The van der Waals surface area contributed by atoms with Crippen molar-refractivity contribution in [3.63, 3.8) is 0 Å². The molecule has 0 saturated carbocycles. The molecule has 0 aliphatic rings. The van der Waals surface area contributed by atoms with E-state index in [0.717, 1.165) is 0 Å². The molecule has 0 N–H and O–H groups in total. The van der Waals surface area contributed by atoms with E-state index in [2.05, 4.69) is 9.72 Å². The first-order chi connectivity index (χ1) is 8.95. The number of hydrogen-bond donors (Lipinski definition) is 0. The van der Waals surface area contributed by atoms with Crippen LogP contribution in [-0.2, 0) is 14.9 Å². The Balaban J connectivity index is 3.65. The molecule has 0 saturated heterocycles. The number of nitrogens with zero attached hydrogens (tertiary/aromatic N) is 1. The molecule has 4 nitrogen and oxygen atoms in total. The summed E-state index contributed by atoms with van der Waals surface area (Å²) in [5, 5.41) is 0. The van der Waals surface area contributed by atoms with Gasteiger partial charge in [-0.25, -0.2) is 22.2 Å². The molecule has 12 heteroatoms. The van der Waals surface area contributed by atoms with E-state index >= 15 is 0 Å². The van der Waals surface area contributed by atoms with Crippen LogP contribution in [0.3, 0.4) is 0 Å². The average molecular weight is 360 g/mol. The summed E-state index contributed by atoms with van der Waals surface area (Å²) in [7, 11) is -0.0890. The van der Waals surface area contributed by atoms with Crippen molar-refractivity contribution < 1.29 is 35.1 Å². The molecule has 1 aromatic heterocycles. The van der Waals surface area contributed by atoms with Crippen molar-refractivity contribution in [2.75, 3.05) is 0 Å². The van der Waals surface area contributed by atoms with Crippen molar-refractivity contribution in [2.45, 2.75) is 23.6 Å². The predicted octanol–water partition coefficient (Wildman–Crippen LogP) is 3.58. The van der Waals surface area contributed by atoms with E-state index in [9.17, 15) is 30.4 Å². The van der Waals surface area contributed by atoms with Gasteiger partial charge in [0.1, 0.15) is 0 Å². The summed E-state index contributed by atoms with van der Waals surface area (Å²) < 4.78 is 87.7. The monoisotopic (exact) mass is 359 g/mol. The van der Waals surface area contributed by atoms with Crippen LogP contribution in [0.1, 0.15) is 17.7 Å². The Morgan fingerprint density at radius 3 is 2.25 bits per heavy atom. The lowest BCUT2D eigenvalue weighted by Crippen LogP contribution is -2.20. The van der Waals surface area contributed by atoms with Gasteiger partial charge in [0.15, 0.2) is 4.90 Å². The molecule has 0 atom stereocenters. The summed E-state index contributed by atoms with van der Waals surface area (Å²) in [4.78, 5) is 1.57. The Hall–Kier alpha value is -0.870. The van der Waals surface area contributed by atoms with E-state index in [4.69, 9.17) is 22.3 Å². The van der Waals surface area contributed by atoms with Crippen LogP contribution >= 0.6 is 22.3 Å². The first kappa shape index (κ1) is 17.2. The van der Waals surface area contributed by atoms with Crippen molar-refractivity contribution in [3.05, 3.63) is 17.3 Å². The van der Waals surface area contributed by atoms with Crippen LogP contribution in [0.4, 0.5) is 22.0 Å². The molecule has 0 radical (unpaired) electrons. The van der Waals surface area contributed by atoms with E-state index in [0.29, 0.717) is 6.07 Å². The zero-order chi connectivity index (χ0) is 15.7. The molecule has 1 heterocycles.